The lowest BCUT2D eigenvalue weighted by Gasteiger charge is -2.29. The lowest BCUT2D eigenvalue weighted by atomic mass is 10.0. The van der Waals surface area contributed by atoms with Gasteiger partial charge in [0.05, 0.1) is 6.42 Å². The van der Waals surface area contributed by atoms with Crippen LogP contribution < -0.4 is 16.0 Å². The highest BCUT2D eigenvalue weighted by Gasteiger charge is 2.35. The van der Waals surface area contributed by atoms with Gasteiger partial charge in [0, 0.05) is 6.42 Å². The van der Waals surface area contributed by atoms with Crippen LogP contribution >= 0.6 is 0 Å². The van der Waals surface area contributed by atoms with E-state index >= 15 is 0 Å². The summed E-state index contributed by atoms with van der Waals surface area (Å²) in [6.45, 7) is 0. The van der Waals surface area contributed by atoms with Gasteiger partial charge < -0.3 is 21.1 Å². The number of carbonyl (C=O) groups is 4. The van der Waals surface area contributed by atoms with Gasteiger partial charge in [0.1, 0.15) is 18.1 Å². The third kappa shape index (κ3) is 6.66. The summed E-state index contributed by atoms with van der Waals surface area (Å²) in [4.78, 5) is 48.7. The maximum atomic E-state index is 12.4. The molecule has 1 aliphatic heterocycles. The van der Waals surface area contributed by atoms with Crippen molar-refractivity contribution in [1.82, 2.24) is 16.0 Å². The second-order valence-electron chi connectivity index (χ2n) is 7.85. The first-order valence-corrected chi connectivity index (χ1v) is 10.6. The van der Waals surface area contributed by atoms with Crippen molar-refractivity contribution >= 4 is 23.7 Å². The first-order valence-electron chi connectivity index (χ1n) is 10.6. The van der Waals surface area contributed by atoms with Crippen LogP contribution in [0.1, 0.15) is 30.4 Å². The molecule has 0 radical (unpaired) electrons. The van der Waals surface area contributed by atoms with E-state index in [4.69, 9.17) is 0 Å². The Morgan fingerprint density at radius 2 is 1.44 bits per heavy atom. The quantitative estimate of drug-likeness (QED) is 0.445. The predicted octanol–water partition coefficient (Wildman–Crippen LogP) is 1.19. The number of rotatable bonds is 10. The summed E-state index contributed by atoms with van der Waals surface area (Å²) < 4.78 is 0. The van der Waals surface area contributed by atoms with Gasteiger partial charge in [-0.3, -0.25) is 14.4 Å². The molecule has 0 aromatic heterocycles. The van der Waals surface area contributed by atoms with Crippen LogP contribution in [0.2, 0.25) is 0 Å². The Bertz CT molecular complexity index is 949. The minimum atomic E-state index is -1.13. The predicted molar refractivity (Wildman–Crippen MR) is 118 cm³/mol. The van der Waals surface area contributed by atoms with E-state index in [-0.39, 0.29) is 18.7 Å². The van der Waals surface area contributed by atoms with Crippen LogP contribution in [0.25, 0.3) is 0 Å². The van der Waals surface area contributed by atoms with Crippen molar-refractivity contribution in [2.75, 3.05) is 0 Å². The number of carboxylic acid groups (broad SMARTS) is 1. The first kappa shape index (κ1) is 23.0. The van der Waals surface area contributed by atoms with Gasteiger partial charge in [-0.1, -0.05) is 60.7 Å². The number of amides is 3. The molecule has 3 rings (SSSR count). The second-order valence-corrected chi connectivity index (χ2v) is 7.85. The van der Waals surface area contributed by atoms with Gasteiger partial charge in [0.15, 0.2) is 0 Å². The highest BCUT2D eigenvalue weighted by Crippen LogP contribution is 2.10. The van der Waals surface area contributed by atoms with Gasteiger partial charge in [-0.25, -0.2) is 4.79 Å². The number of benzene rings is 2. The van der Waals surface area contributed by atoms with Crippen molar-refractivity contribution in [2.45, 2.75) is 50.2 Å². The zero-order valence-electron chi connectivity index (χ0n) is 17.6. The van der Waals surface area contributed by atoms with Crippen LogP contribution in [0.4, 0.5) is 0 Å². The zero-order chi connectivity index (χ0) is 22.9. The van der Waals surface area contributed by atoms with Crippen LogP contribution in [0.15, 0.2) is 60.7 Å². The molecule has 1 heterocycles. The molecule has 3 atom stereocenters. The number of hydrogen-bond acceptors (Lipinski definition) is 4. The third-order valence-corrected chi connectivity index (χ3v) is 5.37. The minimum Gasteiger partial charge on any atom is -0.480 e. The maximum Gasteiger partial charge on any atom is 0.326 e. The number of aryl methyl sites for hydroxylation is 1. The van der Waals surface area contributed by atoms with Crippen LogP contribution in [-0.2, 0) is 32.0 Å². The van der Waals surface area contributed by atoms with Crippen LogP contribution in [0.5, 0.6) is 0 Å². The van der Waals surface area contributed by atoms with Gasteiger partial charge in [0.25, 0.3) is 0 Å². The van der Waals surface area contributed by atoms with Crippen molar-refractivity contribution in [3.8, 4) is 0 Å². The highest BCUT2D eigenvalue weighted by molar-refractivity contribution is 5.99. The minimum absolute atomic E-state index is 0.262. The van der Waals surface area contributed by atoms with Crippen molar-refractivity contribution in [1.29, 1.82) is 0 Å². The molecular formula is C24H27N3O5. The van der Waals surface area contributed by atoms with Gasteiger partial charge in [-0.05, 0) is 30.4 Å². The van der Waals surface area contributed by atoms with E-state index in [9.17, 15) is 24.3 Å². The molecule has 0 spiro atoms. The Kier molecular flexibility index (Phi) is 7.96. The number of aliphatic carboxylic acids is 1. The Balaban J connectivity index is 1.48. The Morgan fingerprint density at radius 3 is 2.06 bits per heavy atom. The molecule has 0 saturated carbocycles. The zero-order valence-corrected chi connectivity index (χ0v) is 17.6. The lowest BCUT2D eigenvalue weighted by Crippen LogP contribution is -2.63. The normalized spacial score (nSPS) is 18.9. The molecule has 3 amide bonds. The largest absolute Gasteiger partial charge is 0.480 e. The molecule has 168 valence electrons. The summed E-state index contributed by atoms with van der Waals surface area (Å²) in [6, 6.07) is 16.2. The fourth-order valence-electron chi connectivity index (χ4n) is 3.66. The number of nitrogens with one attached hydrogen (secondary N) is 3. The Hall–Kier alpha value is -3.68. The number of carboxylic acids is 1. The van der Waals surface area contributed by atoms with E-state index in [2.05, 4.69) is 16.0 Å². The molecule has 0 bridgehead atoms. The van der Waals surface area contributed by atoms with Gasteiger partial charge in [0.2, 0.25) is 17.7 Å². The van der Waals surface area contributed by atoms with E-state index in [1.807, 2.05) is 60.7 Å². The fraction of sp³-hybridized carbons (Fsp3) is 0.333. The van der Waals surface area contributed by atoms with Gasteiger partial charge >= 0.3 is 5.97 Å². The average molecular weight is 437 g/mol. The van der Waals surface area contributed by atoms with Crippen molar-refractivity contribution in [3.63, 3.8) is 0 Å². The number of hydrogen-bond donors (Lipinski definition) is 4. The molecule has 8 nitrogen and oxygen atoms in total. The molecular weight excluding hydrogens is 410 g/mol. The Labute approximate surface area is 186 Å². The highest BCUT2D eigenvalue weighted by atomic mass is 16.4. The molecule has 2 aromatic rings. The van der Waals surface area contributed by atoms with E-state index in [0.717, 1.165) is 11.1 Å². The van der Waals surface area contributed by atoms with Crippen molar-refractivity contribution in [2.24, 2.45) is 0 Å². The molecule has 1 aliphatic rings. The van der Waals surface area contributed by atoms with E-state index in [1.165, 1.54) is 0 Å². The molecule has 2 aromatic carbocycles. The smallest absolute Gasteiger partial charge is 0.326 e. The summed E-state index contributed by atoms with van der Waals surface area (Å²) in [7, 11) is 0. The van der Waals surface area contributed by atoms with Crippen LogP contribution in [0.3, 0.4) is 0 Å². The lowest BCUT2D eigenvalue weighted by molar-refractivity contribution is -0.143. The summed E-state index contributed by atoms with van der Waals surface area (Å²) in [5, 5.41) is 17.1. The maximum absolute atomic E-state index is 12.4. The SMILES string of the molecule is O=C(C[C@@H]1NC(=O)[C@H](Cc2ccccc2)NC1=O)N[C@@H](CCCc1ccccc1)C(=O)O. The topological polar surface area (TPSA) is 125 Å². The van der Waals surface area contributed by atoms with Crippen LogP contribution in [-0.4, -0.2) is 46.9 Å². The molecule has 1 saturated heterocycles. The molecule has 0 aliphatic carbocycles. The summed E-state index contributed by atoms with van der Waals surface area (Å²) in [5.74, 6) is -2.56. The average Bonchev–Trinajstić information content (AvgIpc) is 2.78. The summed E-state index contributed by atoms with van der Waals surface area (Å²) in [6.07, 6.45) is 1.57. The second kappa shape index (κ2) is 11.1. The molecule has 8 heteroatoms. The van der Waals surface area contributed by atoms with E-state index in [1.54, 1.807) is 0 Å². The van der Waals surface area contributed by atoms with Gasteiger partial charge in [-0.2, -0.15) is 0 Å². The molecule has 32 heavy (non-hydrogen) atoms. The molecule has 4 N–H and O–H groups in total. The molecule has 0 unspecified atom stereocenters. The van der Waals surface area contributed by atoms with Crippen molar-refractivity contribution in [3.05, 3.63) is 71.8 Å². The van der Waals surface area contributed by atoms with Gasteiger partial charge in [-0.15, -0.1) is 0 Å². The van der Waals surface area contributed by atoms with Crippen LogP contribution in [0, 0.1) is 0 Å². The Morgan fingerprint density at radius 1 is 0.875 bits per heavy atom. The third-order valence-electron chi connectivity index (χ3n) is 5.37. The first-order chi connectivity index (χ1) is 15.4. The number of carbonyl (C=O) groups excluding carboxylic acids is 3. The van der Waals surface area contributed by atoms with E-state index < -0.39 is 35.9 Å². The summed E-state index contributed by atoms with van der Waals surface area (Å²) >= 11 is 0. The molecule has 1 fully saturated rings. The van der Waals surface area contributed by atoms with E-state index in [0.29, 0.717) is 19.3 Å². The van der Waals surface area contributed by atoms with Crippen molar-refractivity contribution < 1.29 is 24.3 Å². The number of piperazine rings is 1. The summed E-state index contributed by atoms with van der Waals surface area (Å²) in [5.41, 5.74) is 2.00. The standard InChI is InChI=1S/C24H27N3O5/c28-21(25-18(24(31)32)13-7-12-16-8-3-1-4-9-16)15-20-23(30)26-19(22(29)27-20)14-17-10-5-2-6-11-17/h1-6,8-11,18-20H,7,12-15H2,(H,25,28)(H,26,30)(H,27,29)(H,31,32)/t18-,19-,20-/m0/s1. The monoisotopic (exact) mass is 437 g/mol. The fourth-order valence-corrected chi connectivity index (χ4v) is 3.66.